The summed E-state index contributed by atoms with van der Waals surface area (Å²) in [6.45, 7) is 9.36. The van der Waals surface area contributed by atoms with Gasteiger partial charge in [-0.25, -0.2) is 9.13 Å². The molecule has 2 heteroatoms. The van der Waals surface area contributed by atoms with E-state index in [1.807, 2.05) is 0 Å². The lowest BCUT2D eigenvalue weighted by Gasteiger charge is -2.07. The molecule has 0 N–H and O–H groups in total. The summed E-state index contributed by atoms with van der Waals surface area (Å²) in [4.78, 5) is 0. The van der Waals surface area contributed by atoms with E-state index in [0.29, 0.717) is 0 Å². The van der Waals surface area contributed by atoms with Gasteiger partial charge in [-0.3, -0.25) is 0 Å². The fourth-order valence-corrected chi connectivity index (χ4v) is 5.62. The number of rotatable bonds is 28. The van der Waals surface area contributed by atoms with Crippen molar-refractivity contribution in [3.8, 4) is 0 Å². The summed E-state index contributed by atoms with van der Waals surface area (Å²) in [6, 6.07) is 0. The molecule has 0 aliphatic rings. The Morgan fingerprint density at radius 1 is 0.472 bits per heavy atom. The molecule has 0 bridgehead atoms. The third-order valence-corrected chi connectivity index (χ3v) is 8.10. The van der Waals surface area contributed by atoms with Crippen molar-refractivity contribution in [3.63, 3.8) is 0 Å². The normalized spacial score (nSPS) is 11.5. The predicted molar refractivity (Wildman–Crippen MR) is 161 cm³/mol. The van der Waals surface area contributed by atoms with Crippen molar-refractivity contribution < 1.29 is 4.57 Å². The van der Waals surface area contributed by atoms with Crippen molar-refractivity contribution in [2.24, 2.45) is 0 Å². The highest BCUT2D eigenvalue weighted by molar-refractivity contribution is 4.84. The fraction of sp³-hybridized carbons (Fsp3) is 0.912. The monoisotopic (exact) mass is 504 g/mol. The van der Waals surface area contributed by atoms with Gasteiger partial charge >= 0.3 is 0 Å². The van der Waals surface area contributed by atoms with Gasteiger partial charge in [0.1, 0.15) is 12.4 Å². The Bertz CT molecular complexity index is 532. The van der Waals surface area contributed by atoms with Crippen LogP contribution in [-0.2, 0) is 19.5 Å². The van der Waals surface area contributed by atoms with Crippen molar-refractivity contribution in [2.75, 3.05) is 0 Å². The zero-order valence-electron chi connectivity index (χ0n) is 25.3. The molecule has 0 spiro atoms. The average molecular weight is 504 g/mol. The van der Waals surface area contributed by atoms with E-state index in [-0.39, 0.29) is 0 Å². The highest BCUT2D eigenvalue weighted by Gasteiger charge is 2.16. The second-order valence-corrected chi connectivity index (χ2v) is 11.6. The van der Waals surface area contributed by atoms with Gasteiger partial charge < -0.3 is 0 Å². The van der Waals surface area contributed by atoms with Gasteiger partial charge in [-0.15, -0.1) is 0 Å². The van der Waals surface area contributed by atoms with Crippen molar-refractivity contribution >= 4 is 0 Å². The Kier molecular flexibility index (Phi) is 23.9. The first-order chi connectivity index (χ1) is 17.8. The predicted octanol–water partition coefficient (Wildman–Crippen LogP) is 11.1. The highest BCUT2D eigenvalue weighted by atomic mass is 15.1. The molecule has 0 amide bonds. The fourth-order valence-electron chi connectivity index (χ4n) is 5.62. The lowest BCUT2D eigenvalue weighted by molar-refractivity contribution is -0.704. The largest absolute Gasteiger partial charge is 0.256 e. The van der Waals surface area contributed by atoms with Crippen LogP contribution >= 0.6 is 0 Å². The lowest BCUT2D eigenvalue weighted by Crippen LogP contribution is -2.37. The second kappa shape index (κ2) is 25.8. The molecule has 1 aromatic rings. The van der Waals surface area contributed by atoms with E-state index in [4.69, 9.17) is 0 Å². The van der Waals surface area contributed by atoms with Crippen LogP contribution in [0, 0.1) is 0 Å². The van der Waals surface area contributed by atoms with Gasteiger partial charge in [-0.05, 0) is 32.1 Å². The molecule has 2 nitrogen and oxygen atoms in total. The molecule has 212 valence electrons. The molecule has 1 rings (SSSR count). The molecular formula is C34H67N2+. The molecular weight excluding hydrogens is 436 g/mol. The van der Waals surface area contributed by atoms with E-state index in [9.17, 15) is 0 Å². The number of aromatic nitrogens is 2. The molecule has 36 heavy (non-hydrogen) atoms. The van der Waals surface area contributed by atoms with Crippen LogP contribution < -0.4 is 4.57 Å². The van der Waals surface area contributed by atoms with Gasteiger partial charge in [0, 0.05) is 6.42 Å². The maximum Gasteiger partial charge on any atom is 0.256 e. The van der Waals surface area contributed by atoms with Crippen LogP contribution in [0.2, 0.25) is 0 Å². The quantitative estimate of drug-likeness (QED) is 0.0794. The standard InChI is InChI=1S/C34H67N2/c1-4-7-10-13-14-15-16-17-18-19-20-21-22-23-24-25-26-29-34-35(30-27-11-8-5-2)32-33-36(34)31-28-12-9-6-3/h32-33H,4-31H2,1-3H3/q+1. The first-order valence-corrected chi connectivity index (χ1v) is 16.9. The zero-order valence-corrected chi connectivity index (χ0v) is 25.3. The van der Waals surface area contributed by atoms with E-state index in [1.54, 1.807) is 5.82 Å². The van der Waals surface area contributed by atoms with Crippen molar-refractivity contribution in [1.82, 2.24) is 4.57 Å². The van der Waals surface area contributed by atoms with Crippen LogP contribution in [0.3, 0.4) is 0 Å². The van der Waals surface area contributed by atoms with Gasteiger partial charge in [0.25, 0.3) is 5.82 Å². The SMILES string of the molecule is CCCCCCCCCCCCCCCCCCCc1n(CCCCCC)cc[n+]1CCCCCC. The Morgan fingerprint density at radius 3 is 1.33 bits per heavy atom. The highest BCUT2D eigenvalue weighted by Crippen LogP contribution is 2.15. The Labute approximate surface area is 228 Å². The second-order valence-electron chi connectivity index (χ2n) is 11.6. The third-order valence-electron chi connectivity index (χ3n) is 8.10. The number of aryl methyl sites for hydroxylation is 2. The maximum absolute atomic E-state index is 2.59. The van der Waals surface area contributed by atoms with Crippen LogP contribution in [0.4, 0.5) is 0 Å². The molecule has 0 aliphatic carbocycles. The van der Waals surface area contributed by atoms with Gasteiger partial charge in [0.05, 0.1) is 13.1 Å². The molecule has 1 heterocycles. The summed E-state index contributed by atoms with van der Waals surface area (Å²) in [7, 11) is 0. The minimum Gasteiger partial charge on any atom is -0.234 e. The first-order valence-electron chi connectivity index (χ1n) is 16.9. The molecule has 0 unspecified atom stereocenters. The van der Waals surface area contributed by atoms with E-state index in [0.717, 1.165) is 0 Å². The summed E-state index contributed by atoms with van der Waals surface area (Å²) in [5, 5.41) is 0. The Balaban J connectivity index is 2.09. The van der Waals surface area contributed by atoms with Crippen LogP contribution in [0.5, 0.6) is 0 Å². The van der Waals surface area contributed by atoms with E-state index in [2.05, 4.69) is 42.3 Å². The average Bonchev–Trinajstić information content (AvgIpc) is 3.27. The third kappa shape index (κ3) is 18.5. The van der Waals surface area contributed by atoms with Crippen molar-refractivity contribution in [1.29, 1.82) is 0 Å². The van der Waals surface area contributed by atoms with E-state index >= 15 is 0 Å². The van der Waals surface area contributed by atoms with E-state index in [1.165, 1.54) is 180 Å². The molecule has 0 fully saturated rings. The summed E-state index contributed by atoms with van der Waals surface area (Å²) < 4.78 is 5.17. The molecule has 0 aromatic carbocycles. The number of nitrogens with zero attached hydrogens (tertiary/aromatic N) is 2. The minimum atomic E-state index is 1.22. The minimum absolute atomic E-state index is 1.22. The Morgan fingerprint density at radius 2 is 0.861 bits per heavy atom. The summed E-state index contributed by atoms with van der Waals surface area (Å²) in [6.07, 6.45) is 41.5. The summed E-state index contributed by atoms with van der Waals surface area (Å²) in [5.74, 6) is 1.60. The summed E-state index contributed by atoms with van der Waals surface area (Å²) in [5.41, 5.74) is 0. The van der Waals surface area contributed by atoms with E-state index < -0.39 is 0 Å². The molecule has 0 radical (unpaired) electrons. The van der Waals surface area contributed by atoms with Crippen LogP contribution in [0.15, 0.2) is 12.4 Å². The van der Waals surface area contributed by atoms with Crippen molar-refractivity contribution in [2.45, 2.75) is 201 Å². The van der Waals surface area contributed by atoms with Crippen LogP contribution in [-0.4, -0.2) is 4.57 Å². The molecule has 0 saturated heterocycles. The van der Waals surface area contributed by atoms with Crippen LogP contribution in [0.25, 0.3) is 0 Å². The van der Waals surface area contributed by atoms with Crippen LogP contribution in [0.1, 0.15) is 187 Å². The number of hydrogen-bond donors (Lipinski definition) is 0. The molecule has 0 atom stereocenters. The van der Waals surface area contributed by atoms with Gasteiger partial charge in [-0.1, -0.05) is 149 Å². The zero-order chi connectivity index (χ0) is 25.9. The van der Waals surface area contributed by atoms with Gasteiger partial charge in [-0.2, -0.15) is 0 Å². The van der Waals surface area contributed by atoms with Crippen molar-refractivity contribution in [3.05, 3.63) is 18.2 Å². The molecule has 0 aliphatic heterocycles. The first kappa shape index (κ1) is 33.2. The molecule has 1 aromatic heterocycles. The number of imidazole rings is 1. The van der Waals surface area contributed by atoms with Gasteiger partial charge in [0.2, 0.25) is 0 Å². The Hall–Kier alpha value is -0.790. The summed E-state index contributed by atoms with van der Waals surface area (Å²) >= 11 is 0. The van der Waals surface area contributed by atoms with Gasteiger partial charge in [0.15, 0.2) is 0 Å². The molecule has 0 saturated carbocycles. The number of hydrogen-bond acceptors (Lipinski definition) is 0. The maximum atomic E-state index is 2.59. The lowest BCUT2D eigenvalue weighted by atomic mass is 10.0. The number of unbranched alkanes of at least 4 members (excludes halogenated alkanes) is 22. The topological polar surface area (TPSA) is 8.81 Å². The smallest absolute Gasteiger partial charge is 0.234 e.